The molecule has 1 aromatic rings. The van der Waals surface area contributed by atoms with E-state index in [1.54, 1.807) is 12.1 Å². The minimum Gasteiger partial charge on any atom is -1.00 e. The van der Waals surface area contributed by atoms with Gasteiger partial charge in [0, 0.05) is 11.6 Å². The largest absolute Gasteiger partial charge is 1.00 e. The molecule has 4 nitrogen and oxygen atoms in total. The van der Waals surface area contributed by atoms with Gasteiger partial charge in [0.2, 0.25) is 5.75 Å². The zero-order valence-electron chi connectivity index (χ0n) is 15.9. The van der Waals surface area contributed by atoms with Gasteiger partial charge in [-0.3, -0.25) is 0 Å². The number of rotatable bonds is 8. The van der Waals surface area contributed by atoms with Crippen LogP contribution in [0.15, 0.2) is 18.7 Å². The summed E-state index contributed by atoms with van der Waals surface area (Å²) in [5, 5.41) is 10.1. The van der Waals surface area contributed by atoms with Gasteiger partial charge in [-0.1, -0.05) is 6.08 Å². The number of allylic oxidation sites excluding steroid dienone is 1. The molecule has 0 bridgehead atoms. The number of aromatic hydroxyl groups is 1. The molecule has 1 N–H and O–H groups in total. The fraction of sp³-hybridized carbons (Fsp3) is 0.467. The van der Waals surface area contributed by atoms with E-state index in [-0.39, 0.29) is 67.7 Å². The Kier molecular flexibility index (Phi) is 14.1. The first kappa shape index (κ1) is 23.4. The van der Waals surface area contributed by atoms with Crippen LogP contribution in [-0.4, -0.2) is 24.9 Å². The van der Waals surface area contributed by atoms with Crippen LogP contribution in [0.4, 0.5) is 0 Å². The van der Waals surface area contributed by atoms with Crippen molar-refractivity contribution in [3.8, 4) is 23.0 Å². The molecule has 0 saturated heterocycles. The predicted octanol–water partition coefficient (Wildman–Crippen LogP) is -2.45. The molecule has 0 fully saturated rings. The first-order valence-electron chi connectivity index (χ1n) is 6.57. The molecule has 6 heteroatoms. The molecule has 0 unspecified atom stereocenters. The number of phenolic OH excluding ortho intramolecular Hbond substituents is 1. The second-order valence-corrected chi connectivity index (χ2v) is 3.82. The summed E-state index contributed by atoms with van der Waals surface area (Å²) in [4.78, 5) is 0. The third kappa shape index (κ3) is 6.43. The molecule has 0 aliphatic heterocycles. The standard InChI is InChI=1S/C15H22O4.2Na.2H/c1-5-9-11-12(16)10-13(17-6-2)15(19-8-4)14(11)18-7-3;;;;/h5,10,16H,1,6-9H2,2-4H3;;;;/q;2*+1;2*-1. The third-order valence-corrected chi connectivity index (χ3v) is 2.51. The fourth-order valence-corrected chi connectivity index (χ4v) is 1.82. The molecule has 0 heterocycles. The molecule has 0 radical (unpaired) electrons. The maximum atomic E-state index is 10.1. The Morgan fingerprint density at radius 3 is 2.05 bits per heavy atom. The molecule has 0 aromatic heterocycles. The van der Waals surface area contributed by atoms with E-state index in [9.17, 15) is 5.11 Å². The second-order valence-electron chi connectivity index (χ2n) is 3.82. The first-order valence-corrected chi connectivity index (χ1v) is 6.57. The summed E-state index contributed by atoms with van der Waals surface area (Å²) in [5.41, 5.74) is 0.670. The van der Waals surface area contributed by atoms with Gasteiger partial charge in [0.25, 0.3) is 0 Å². The molecule has 0 atom stereocenters. The Balaban J connectivity index is -0.000000451. The molecule has 0 spiro atoms. The van der Waals surface area contributed by atoms with Crippen molar-refractivity contribution >= 4 is 0 Å². The third-order valence-electron chi connectivity index (χ3n) is 2.51. The van der Waals surface area contributed by atoms with E-state index in [2.05, 4.69) is 6.58 Å². The molecule has 0 amide bonds. The predicted molar refractivity (Wildman–Crippen MR) is 77.7 cm³/mol. The van der Waals surface area contributed by atoms with Crippen LogP contribution in [0.5, 0.6) is 23.0 Å². The van der Waals surface area contributed by atoms with Gasteiger partial charge in [-0.25, -0.2) is 0 Å². The number of benzene rings is 1. The van der Waals surface area contributed by atoms with Crippen LogP contribution in [0.25, 0.3) is 0 Å². The molecule has 110 valence electrons. The number of phenols is 1. The average molecular weight is 314 g/mol. The van der Waals surface area contributed by atoms with Crippen LogP contribution in [0.1, 0.15) is 29.2 Å². The van der Waals surface area contributed by atoms with Crippen molar-refractivity contribution in [1.29, 1.82) is 0 Å². The van der Waals surface area contributed by atoms with Crippen LogP contribution in [0, 0.1) is 0 Å². The second kappa shape index (κ2) is 12.7. The fourth-order valence-electron chi connectivity index (χ4n) is 1.82. The van der Waals surface area contributed by atoms with Gasteiger partial charge in [0.05, 0.1) is 19.8 Å². The molecular formula is C15H24Na2O4. The minimum atomic E-state index is 0. The van der Waals surface area contributed by atoms with E-state index in [1.807, 2.05) is 20.8 Å². The summed E-state index contributed by atoms with van der Waals surface area (Å²) in [5.74, 6) is 1.71. The summed E-state index contributed by atoms with van der Waals surface area (Å²) in [6.07, 6.45) is 2.22. The summed E-state index contributed by atoms with van der Waals surface area (Å²) < 4.78 is 16.7. The zero-order chi connectivity index (χ0) is 14.3. The molecule has 1 aromatic carbocycles. The van der Waals surface area contributed by atoms with Crippen LogP contribution in [0.2, 0.25) is 0 Å². The van der Waals surface area contributed by atoms with Gasteiger partial charge in [-0.15, -0.1) is 6.58 Å². The normalized spacial score (nSPS) is 9.10. The van der Waals surface area contributed by atoms with Gasteiger partial charge in [-0.2, -0.15) is 0 Å². The number of ether oxygens (including phenoxy) is 3. The van der Waals surface area contributed by atoms with Crippen LogP contribution in [-0.2, 0) is 6.42 Å². The van der Waals surface area contributed by atoms with E-state index >= 15 is 0 Å². The molecular weight excluding hydrogens is 290 g/mol. The molecule has 0 aliphatic rings. The average Bonchev–Trinajstić information content (AvgIpc) is 2.38. The van der Waals surface area contributed by atoms with Crippen molar-refractivity contribution in [2.45, 2.75) is 27.2 Å². The Hall–Kier alpha value is 0.160. The van der Waals surface area contributed by atoms with Crippen LogP contribution >= 0.6 is 0 Å². The number of hydrogen-bond acceptors (Lipinski definition) is 4. The molecule has 0 aliphatic carbocycles. The van der Waals surface area contributed by atoms with Crippen molar-refractivity contribution < 1.29 is 81.3 Å². The summed E-state index contributed by atoms with van der Waals surface area (Å²) in [7, 11) is 0. The van der Waals surface area contributed by atoms with Gasteiger partial charge < -0.3 is 22.2 Å². The first-order chi connectivity index (χ1) is 9.19. The van der Waals surface area contributed by atoms with E-state index in [0.29, 0.717) is 49.1 Å². The molecule has 21 heavy (non-hydrogen) atoms. The van der Waals surface area contributed by atoms with Crippen molar-refractivity contribution in [2.24, 2.45) is 0 Å². The van der Waals surface area contributed by atoms with E-state index in [0.717, 1.165) is 0 Å². The van der Waals surface area contributed by atoms with Crippen LogP contribution in [0.3, 0.4) is 0 Å². The van der Waals surface area contributed by atoms with E-state index in [1.165, 1.54) is 0 Å². The maximum absolute atomic E-state index is 10.1. The van der Waals surface area contributed by atoms with Crippen molar-refractivity contribution in [1.82, 2.24) is 0 Å². The van der Waals surface area contributed by atoms with Crippen molar-refractivity contribution in [3.63, 3.8) is 0 Å². The minimum absolute atomic E-state index is 0. The Morgan fingerprint density at radius 2 is 1.57 bits per heavy atom. The monoisotopic (exact) mass is 314 g/mol. The Morgan fingerprint density at radius 1 is 1.05 bits per heavy atom. The Bertz CT molecular complexity index is 446. The topological polar surface area (TPSA) is 47.9 Å². The number of hydrogen-bond donors (Lipinski definition) is 1. The van der Waals surface area contributed by atoms with Crippen LogP contribution < -0.4 is 73.3 Å². The van der Waals surface area contributed by atoms with Gasteiger partial charge in [0.15, 0.2) is 11.5 Å². The quantitative estimate of drug-likeness (QED) is 0.428. The van der Waals surface area contributed by atoms with Gasteiger partial charge >= 0.3 is 59.1 Å². The van der Waals surface area contributed by atoms with E-state index < -0.39 is 0 Å². The molecule has 1 rings (SSSR count). The van der Waals surface area contributed by atoms with Gasteiger partial charge in [0.1, 0.15) is 5.75 Å². The summed E-state index contributed by atoms with van der Waals surface area (Å²) >= 11 is 0. The van der Waals surface area contributed by atoms with Gasteiger partial charge in [-0.05, 0) is 27.2 Å². The molecule has 0 saturated carbocycles. The maximum Gasteiger partial charge on any atom is 1.00 e. The summed E-state index contributed by atoms with van der Waals surface area (Å²) in [6.45, 7) is 10.8. The van der Waals surface area contributed by atoms with Crippen molar-refractivity contribution in [2.75, 3.05) is 19.8 Å². The summed E-state index contributed by atoms with van der Waals surface area (Å²) in [6, 6.07) is 1.57. The SMILES string of the molecule is C=CCc1c(O)cc(OCC)c(OCC)c1OCC.[H-].[H-].[Na+].[Na+]. The Labute approximate surface area is 174 Å². The smallest absolute Gasteiger partial charge is 1.00 e. The van der Waals surface area contributed by atoms with E-state index in [4.69, 9.17) is 14.2 Å². The van der Waals surface area contributed by atoms with Crippen molar-refractivity contribution in [3.05, 3.63) is 24.3 Å². The zero-order valence-corrected chi connectivity index (χ0v) is 17.9.